The van der Waals surface area contributed by atoms with Gasteiger partial charge in [0.15, 0.2) is 6.26 Å². The van der Waals surface area contributed by atoms with Crippen LogP contribution in [0.3, 0.4) is 0 Å². The minimum atomic E-state index is 1.06. The minimum absolute atomic E-state index is 1.06. The van der Waals surface area contributed by atoms with Gasteiger partial charge >= 0.3 is 0 Å². The van der Waals surface area contributed by atoms with Crippen LogP contribution in [0.2, 0.25) is 0 Å². The van der Waals surface area contributed by atoms with Gasteiger partial charge in [0, 0.05) is 0 Å². The summed E-state index contributed by atoms with van der Waals surface area (Å²) in [5.41, 5.74) is 0. The lowest BCUT2D eigenvalue weighted by molar-refractivity contribution is 0.311. The average molecular weight is 99.2 g/mol. The van der Waals surface area contributed by atoms with Crippen LogP contribution < -0.4 is 0 Å². The maximum absolute atomic E-state index is 4.54. The number of methoxy groups -OCH3 is 1. The molecule has 0 fully saturated rings. The zero-order valence-electron chi connectivity index (χ0n) is 4.90. The largest absolute Gasteiger partial charge is 0.493 e. The highest BCUT2D eigenvalue weighted by molar-refractivity contribution is 4.64. The maximum Gasteiger partial charge on any atom is 0.156 e. The summed E-state index contributed by atoms with van der Waals surface area (Å²) in [7, 11) is 1.60. The fourth-order valence-corrected chi connectivity index (χ4v) is 0.287. The van der Waals surface area contributed by atoms with Crippen molar-refractivity contribution in [2.45, 2.75) is 19.8 Å². The Kier molecular flexibility index (Phi) is 5.18. The van der Waals surface area contributed by atoms with Crippen LogP contribution in [0.15, 0.2) is 6.08 Å². The van der Waals surface area contributed by atoms with Gasteiger partial charge in [-0.2, -0.15) is 0 Å². The van der Waals surface area contributed by atoms with Gasteiger partial charge in [-0.1, -0.05) is 13.3 Å². The molecular weight excluding hydrogens is 88.1 g/mol. The van der Waals surface area contributed by atoms with Crippen molar-refractivity contribution in [2.75, 3.05) is 7.11 Å². The van der Waals surface area contributed by atoms with Gasteiger partial charge in [0.25, 0.3) is 0 Å². The van der Waals surface area contributed by atoms with E-state index in [0.29, 0.717) is 0 Å². The highest BCUT2D eigenvalue weighted by atomic mass is 16.5. The Bertz CT molecular complexity index is 48.1. The van der Waals surface area contributed by atoms with Crippen LogP contribution in [0, 0.1) is 6.26 Å². The predicted octanol–water partition coefficient (Wildman–Crippen LogP) is 1.75. The Balaban J connectivity index is 2.78. The van der Waals surface area contributed by atoms with E-state index in [1.54, 1.807) is 7.11 Å². The molecule has 0 amide bonds. The van der Waals surface area contributed by atoms with Crippen molar-refractivity contribution in [1.82, 2.24) is 0 Å². The molecule has 0 aromatic heterocycles. The molecule has 0 saturated carbocycles. The van der Waals surface area contributed by atoms with E-state index in [4.69, 9.17) is 0 Å². The van der Waals surface area contributed by atoms with Gasteiger partial charge in [0.2, 0.25) is 0 Å². The smallest absolute Gasteiger partial charge is 0.156 e. The third-order valence-electron chi connectivity index (χ3n) is 0.634. The molecular formula is C6H11O. The summed E-state index contributed by atoms with van der Waals surface area (Å²) in [5, 5.41) is 0. The van der Waals surface area contributed by atoms with Crippen molar-refractivity contribution in [3.8, 4) is 0 Å². The first-order chi connectivity index (χ1) is 3.41. The summed E-state index contributed by atoms with van der Waals surface area (Å²) >= 11 is 0. The molecule has 1 heteroatoms. The van der Waals surface area contributed by atoms with E-state index < -0.39 is 0 Å². The summed E-state index contributed by atoms with van der Waals surface area (Å²) in [6.45, 7) is 2.12. The molecule has 0 N–H and O–H groups in total. The number of rotatable bonds is 3. The first-order valence-corrected chi connectivity index (χ1v) is 2.52. The minimum Gasteiger partial charge on any atom is -0.493 e. The third kappa shape index (κ3) is 5.54. The SMILES string of the molecule is CCC/C=[C]\OC. The third-order valence-corrected chi connectivity index (χ3v) is 0.634. The lowest BCUT2D eigenvalue weighted by atomic mass is 10.3. The standard InChI is InChI=1S/C6H11O/c1-3-4-5-6-7-2/h5H,3-4H2,1-2H3. The number of hydrogen-bond donors (Lipinski definition) is 0. The number of allylic oxidation sites excluding steroid dienone is 1. The highest BCUT2D eigenvalue weighted by Gasteiger charge is 1.69. The Hall–Kier alpha value is -0.460. The lowest BCUT2D eigenvalue weighted by Crippen LogP contribution is -1.65. The molecule has 0 aromatic carbocycles. The van der Waals surface area contributed by atoms with Crippen molar-refractivity contribution in [3.05, 3.63) is 12.3 Å². The summed E-state index contributed by atoms with van der Waals surface area (Å²) in [4.78, 5) is 0. The maximum atomic E-state index is 4.54. The van der Waals surface area contributed by atoms with Gasteiger partial charge in [-0.15, -0.1) is 0 Å². The van der Waals surface area contributed by atoms with Crippen molar-refractivity contribution in [2.24, 2.45) is 0 Å². The van der Waals surface area contributed by atoms with Crippen LogP contribution in [0.25, 0.3) is 0 Å². The summed E-state index contributed by atoms with van der Waals surface area (Å²) in [6.07, 6.45) is 6.74. The second kappa shape index (κ2) is 5.54. The molecule has 41 valence electrons. The van der Waals surface area contributed by atoms with Crippen molar-refractivity contribution in [3.63, 3.8) is 0 Å². The Morgan fingerprint density at radius 3 is 2.86 bits per heavy atom. The molecule has 0 bridgehead atoms. The molecule has 0 spiro atoms. The molecule has 0 aromatic rings. The Morgan fingerprint density at radius 2 is 2.43 bits per heavy atom. The topological polar surface area (TPSA) is 9.23 Å². The zero-order valence-corrected chi connectivity index (χ0v) is 4.90. The fourth-order valence-electron chi connectivity index (χ4n) is 0.287. The zero-order chi connectivity index (χ0) is 5.54. The molecule has 0 heterocycles. The van der Waals surface area contributed by atoms with Crippen LogP contribution >= 0.6 is 0 Å². The summed E-state index contributed by atoms with van der Waals surface area (Å²) in [6, 6.07) is 0. The first-order valence-electron chi connectivity index (χ1n) is 2.52. The van der Waals surface area contributed by atoms with E-state index in [1.165, 1.54) is 0 Å². The molecule has 7 heavy (non-hydrogen) atoms. The Morgan fingerprint density at radius 1 is 1.71 bits per heavy atom. The van der Waals surface area contributed by atoms with E-state index in [2.05, 4.69) is 17.9 Å². The molecule has 1 nitrogen and oxygen atoms in total. The van der Waals surface area contributed by atoms with Crippen LogP contribution in [0.4, 0.5) is 0 Å². The van der Waals surface area contributed by atoms with Crippen LogP contribution in [0.1, 0.15) is 19.8 Å². The second-order valence-electron chi connectivity index (χ2n) is 1.31. The van der Waals surface area contributed by atoms with E-state index in [-0.39, 0.29) is 0 Å². The van der Waals surface area contributed by atoms with Crippen molar-refractivity contribution >= 4 is 0 Å². The second-order valence-corrected chi connectivity index (χ2v) is 1.31. The van der Waals surface area contributed by atoms with Gasteiger partial charge in [-0.05, 0) is 12.5 Å². The van der Waals surface area contributed by atoms with Gasteiger partial charge in [0.05, 0.1) is 7.11 Å². The molecule has 0 saturated heterocycles. The van der Waals surface area contributed by atoms with Crippen LogP contribution in [-0.2, 0) is 4.74 Å². The predicted molar refractivity (Wildman–Crippen MR) is 29.7 cm³/mol. The average Bonchev–Trinajstić information content (AvgIpc) is 1.69. The summed E-state index contributed by atoms with van der Waals surface area (Å²) < 4.78 is 4.54. The normalized spacial score (nSPS) is 10.0. The van der Waals surface area contributed by atoms with Gasteiger partial charge < -0.3 is 4.74 Å². The molecule has 0 unspecified atom stereocenters. The molecule has 1 radical (unpaired) electrons. The highest BCUT2D eigenvalue weighted by Crippen LogP contribution is 1.85. The first kappa shape index (κ1) is 6.54. The van der Waals surface area contributed by atoms with E-state index >= 15 is 0 Å². The number of unbranched alkanes of at least 4 members (excludes halogenated alkanes) is 1. The molecule has 0 atom stereocenters. The van der Waals surface area contributed by atoms with Crippen molar-refractivity contribution < 1.29 is 4.74 Å². The lowest BCUT2D eigenvalue weighted by Gasteiger charge is -1.81. The quantitative estimate of drug-likeness (QED) is 0.490. The van der Waals surface area contributed by atoms with Crippen molar-refractivity contribution in [1.29, 1.82) is 0 Å². The van der Waals surface area contributed by atoms with Gasteiger partial charge in [-0.25, -0.2) is 0 Å². The number of ether oxygens (including phenoxy) is 1. The van der Waals surface area contributed by atoms with Gasteiger partial charge in [0.1, 0.15) is 0 Å². The monoisotopic (exact) mass is 99.1 g/mol. The Labute approximate surface area is 45.0 Å². The molecule has 0 rings (SSSR count). The van der Waals surface area contributed by atoms with E-state index in [9.17, 15) is 0 Å². The summed E-state index contributed by atoms with van der Waals surface area (Å²) in [5.74, 6) is 0. The molecule has 0 aliphatic rings. The van der Waals surface area contributed by atoms with Gasteiger partial charge in [-0.3, -0.25) is 0 Å². The van der Waals surface area contributed by atoms with Crippen LogP contribution in [-0.4, -0.2) is 7.11 Å². The fraction of sp³-hybridized carbons (Fsp3) is 0.667. The number of hydrogen-bond acceptors (Lipinski definition) is 1. The molecule has 0 aliphatic carbocycles. The van der Waals surface area contributed by atoms with Crippen LogP contribution in [0.5, 0.6) is 0 Å². The van der Waals surface area contributed by atoms with E-state index in [1.807, 2.05) is 6.08 Å². The van der Waals surface area contributed by atoms with E-state index in [0.717, 1.165) is 12.8 Å². The molecule has 0 aliphatic heterocycles.